The average Bonchev–Trinajstić information content (AvgIpc) is 2.97. The summed E-state index contributed by atoms with van der Waals surface area (Å²) in [5.41, 5.74) is 7.37. The van der Waals surface area contributed by atoms with Gasteiger partial charge in [0.2, 0.25) is 0 Å². The molecule has 1 aromatic heterocycles. The molecule has 1 aliphatic heterocycles. The Morgan fingerprint density at radius 1 is 1.30 bits per heavy atom. The van der Waals surface area contributed by atoms with E-state index >= 15 is 0 Å². The van der Waals surface area contributed by atoms with Crippen molar-refractivity contribution in [2.75, 3.05) is 19.6 Å². The van der Waals surface area contributed by atoms with Gasteiger partial charge in [0.25, 0.3) is 0 Å². The van der Waals surface area contributed by atoms with Crippen LogP contribution in [0.25, 0.3) is 0 Å². The summed E-state index contributed by atoms with van der Waals surface area (Å²) in [4.78, 5) is 2.61. The SMILES string of the molecule is CCn1cc(C(CN)N2CCC3CCCCC3C2)cn1. The molecule has 3 unspecified atom stereocenters. The highest BCUT2D eigenvalue weighted by Crippen LogP contribution is 2.38. The zero-order valence-electron chi connectivity index (χ0n) is 12.7. The molecule has 1 saturated heterocycles. The number of aryl methyl sites for hydroxylation is 1. The zero-order chi connectivity index (χ0) is 13.9. The van der Waals surface area contributed by atoms with Crippen LogP contribution in [0.4, 0.5) is 0 Å². The van der Waals surface area contributed by atoms with Gasteiger partial charge in [-0.05, 0) is 38.1 Å². The van der Waals surface area contributed by atoms with E-state index in [2.05, 4.69) is 23.1 Å². The summed E-state index contributed by atoms with van der Waals surface area (Å²) in [5.74, 6) is 1.89. The predicted octanol–water partition coefficient (Wildman–Crippen LogP) is 2.41. The monoisotopic (exact) mass is 276 g/mol. The Kier molecular flexibility index (Phi) is 4.41. The first-order chi connectivity index (χ1) is 9.81. The average molecular weight is 276 g/mol. The second-order valence-electron chi connectivity index (χ2n) is 6.47. The van der Waals surface area contributed by atoms with Crippen molar-refractivity contribution < 1.29 is 0 Å². The van der Waals surface area contributed by atoms with Gasteiger partial charge in [0.05, 0.1) is 12.2 Å². The lowest BCUT2D eigenvalue weighted by Gasteiger charge is -2.44. The highest BCUT2D eigenvalue weighted by atomic mass is 15.3. The van der Waals surface area contributed by atoms with Crippen LogP contribution in [0.1, 0.15) is 50.6 Å². The van der Waals surface area contributed by atoms with E-state index in [4.69, 9.17) is 5.73 Å². The maximum absolute atomic E-state index is 6.08. The molecule has 112 valence electrons. The largest absolute Gasteiger partial charge is 0.329 e. The normalized spacial score (nSPS) is 29.1. The zero-order valence-corrected chi connectivity index (χ0v) is 12.7. The predicted molar refractivity (Wildman–Crippen MR) is 81.3 cm³/mol. The van der Waals surface area contributed by atoms with Gasteiger partial charge < -0.3 is 5.73 Å². The number of rotatable bonds is 4. The van der Waals surface area contributed by atoms with Gasteiger partial charge in [-0.1, -0.05) is 19.3 Å². The van der Waals surface area contributed by atoms with E-state index < -0.39 is 0 Å². The van der Waals surface area contributed by atoms with Gasteiger partial charge in [-0.3, -0.25) is 9.58 Å². The van der Waals surface area contributed by atoms with Gasteiger partial charge in [0, 0.05) is 31.4 Å². The fraction of sp³-hybridized carbons (Fsp3) is 0.812. The summed E-state index contributed by atoms with van der Waals surface area (Å²) in [6.45, 7) is 6.21. The third-order valence-corrected chi connectivity index (χ3v) is 5.35. The van der Waals surface area contributed by atoms with E-state index in [-0.39, 0.29) is 0 Å². The molecule has 2 N–H and O–H groups in total. The summed E-state index contributed by atoms with van der Waals surface area (Å²) in [5, 5.41) is 4.41. The van der Waals surface area contributed by atoms with Gasteiger partial charge >= 0.3 is 0 Å². The molecular formula is C16H28N4. The lowest BCUT2D eigenvalue weighted by atomic mass is 9.74. The number of nitrogens with two attached hydrogens (primary N) is 1. The van der Waals surface area contributed by atoms with Crippen molar-refractivity contribution in [2.45, 2.75) is 51.6 Å². The highest BCUT2D eigenvalue weighted by Gasteiger charge is 2.34. The van der Waals surface area contributed by atoms with Crippen molar-refractivity contribution in [1.82, 2.24) is 14.7 Å². The smallest absolute Gasteiger partial charge is 0.0538 e. The highest BCUT2D eigenvalue weighted by molar-refractivity contribution is 5.12. The fourth-order valence-electron chi connectivity index (χ4n) is 4.13. The topological polar surface area (TPSA) is 47.1 Å². The van der Waals surface area contributed by atoms with Crippen LogP contribution in [-0.4, -0.2) is 34.3 Å². The van der Waals surface area contributed by atoms with Gasteiger partial charge in [0.1, 0.15) is 0 Å². The number of aromatic nitrogens is 2. The summed E-state index contributed by atoms with van der Waals surface area (Å²) >= 11 is 0. The van der Waals surface area contributed by atoms with Gasteiger partial charge in [-0.15, -0.1) is 0 Å². The third-order valence-electron chi connectivity index (χ3n) is 5.35. The summed E-state index contributed by atoms with van der Waals surface area (Å²) < 4.78 is 2.01. The molecule has 0 aromatic carbocycles. The van der Waals surface area contributed by atoms with E-state index in [9.17, 15) is 0 Å². The first-order valence-electron chi connectivity index (χ1n) is 8.28. The van der Waals surface area contributed by atoms with Crippen molar-refractivity contribution in [3.63, 3.8) is 0 Å². The molecule has 2 fully saturated rings. The lowest BCUT2D eigenvalue weighted by Crippen LogP contribution is -2.45. The van der Waals surface area contributed by atoms with Crippen LogP contribution in [0.5, 0.6) is 0 Å². The van der Waals surface area contributed by atoms with E-state index in [0.29, 0.717) is 12.6 Å². The van der Waals surface area contributed by atoms with Crippen molar-refractivity contribution in [3.8, 4) is 0 Å². The van der Waals surface area contributed by atoms with E-state index in [1.807, 2.05) is 10.9 Å². The molecule has 3 atom stereocenters. The van der Waals surface area contributed by atoms with E-state index in [1.165, 1.54) is 50.8 Å². The number of hydrogen-bond donors (Lipinski definition) is 1. The molecule has 1 aromatic rings. The summed E-state index contributed by atoms with van der Waals surface area (Å²) in [6.07, 6.45) is 11.3. The Balaban J connectivity index is 1.69. The van der Waals surface area contributed by atoms with Crippen LogP contribution in [0.15, 0.2) is 12.4 Å². The minimum atomic E-state index is 0.359. The number of likely N-dealkylation sites (tertiary alicyclic amines) is 1. The number of hydrogen-bond acceptors (Lipinski definition) is 3. The van der Waals surface area contributed by atoms with E-state index in [1.54, 1.807) is 0 Å². The molecule has 4 nitrogen and oxygen atoms in total. The second-order valence-corrected chi connectivity index (χ2v) is 6.47. The lowest BCUT2D eigenvalue weighted by molar-refractivity contribution is 0.0586. The molecule has 1 aliphatic carbocycles. The maximum Gasteiger partial charge on any atom is 0.0538 e. The molecule has 0 bridgehead atoms. The standard InChI is InChI=1S/C16H28N4/c1-2-20-12-15(10-18-20)16(9-17)19-8-7-13-5-3-4-6-14(13)11-19/h10,12-14,16H,2-9,11,17H2,1H3. The van der Waals surface area contributed by atoms with Crippen molar-refractivity contribution in [2.24, 2.45) is 17.6 Å². The van der Waals surface area contributed by atoms with Crippen molar-refractivity contribution in [3.05, 3.63) is 18.0 Å². The van der Waals surface area contributed by atoms with Crippen LogP contribution in [-0.2, 0) is 6.54 Å². The van der Waals surface area contributed by atoms with Crippen LogP contribution in [0.2, 0.25) is 0 Å². The fourth-order valence-corrected chi connectivity index (χ4v) is 4.13. The second kappa shape index (κ2) is 6.27. The minimum absolute atomic E-state index is 0.359. The Bertz CT molecular complexity index is 428. The Morgan fingerprint density at radius 2 is 2.10 bits per heavy atom. The Morgan fingerprint density at radius 3 is 2.80 bits per heavy atom. The molecule has 2 aliphatic rings. The minimum Gasteiger partial charge on any atom is -0.329 e. The number of fused-ring (bicyclic) bond motifs is 1. The molecule has 1 saturated carbocycles. The third kappa shape index (κ3) is 2.77. The molecule has 3 rings (SSSR count). The Hall–Kier alpha value is -0.870. The summed E-state index contributed by atoms with van der Waals surface area (Å²) in [7, 11) is 0. The molecular weight excluding hydrogens is 248 g/mol. The molecule has 0 spiro atoms. The van der Waals surface area contributed by atoms with E-state index in [0.717, 1.165) is 18.4 Å². The summed E-state index contributed by atoms with van der Waals surface area (Å²) in [6, 6.07) is 0.359. The number of nitrogens with zero attached hydrogens (tertiary/aromatic N) is 3. The Labute approximate surface area is 122 Å². The quantitative estimate of drug-likeness (QED) is 0.918. The first-order valence-corrected chi connectivity index (χ1v) is 8.28. The van der Waals surface area contributed by atoms with Crippen molar-refractivity contribution in [1.29, 1.82) is 0 Å². The van der Waals surface area contributed by atoms with Crippen molar-refractivity contribution >= 4 is 0 Å². The van der Waals surface area contributed by atoms with Crippen LogP contribution in [0.3, 0.4) is 0 Å². The van der Waals surface area contributed by atoms with Crippen LogP contribution >= 0.6 is 0 Å². The van der Waals surface area contributed by atoms with Gasteiger partial charge in [0.15, 0.2) is 0 Å². The molecule has 0 amide bonds. The molecule has 2 heterocycles. The molecule has 20 heavy (non-hydrogen) atoms. The molecule has 0 radical (unpaired) electrons. The van der Waals surface area contributed by atoms with Gasteiger partial charge in [-0.25, -0.2) is 0 Å². The van der Waals surface area contributed by atoms with Crippen LogP contribution < -0.4 is 5.73 Å². The number of piperidine rings is 1. The van der Waals surface area contributed by atoms with Crippen LogP contribution in [0, 0.1) is 11.8 Å². The van der Waals surface area contributed by atoms with Gasteiger partial charge in [-0.2, -0.15) is 5.10 Å². The first kappa shape index (κ1) is 14.1. The molecule has 4 heteroatoms. The maximum atomic E-state index is 6.08.